The van der Waals surface area contributed by atoms with Gasteiger partial charge in [0.25, 0.3) is 5.91 Å². The second kappa shape index (κ2) is 9.05. The maximum atomic E-state index is 13.0. The Morgan fingerprint density at radius 1 is 1.07 bits per heavy atom. The lowest BCUT2D eigenvalue weighted by Gasteiger charge is -2.35. The third-order valence-corrected chi connectivity index (χ3v) is 5.66. The smallest absolute Gasteiger partial charge is 0.253 e. The topological polar surface area (TPSA) is 54.5 Å². The molecule has 1 unspecified atom stereocenters. The summed E-state index contributed by atoms with van der Waals surface area (Å²) in [6, 6.07) is 17.8. The molecule has 1 aromatic heterocycles. The second-order valence-electron chi connectivity index (χ2n) is 7.45. The van der Waals surface area contributed by atoms with Crippen LogP contribution in [-0.4, -0.2) is 42.5 Å². The molecule has 5 heteroatoms. The van der Waals surface area contributed by atoms with E-state index in [0.29, 0.717) is 12.1 Å². The summed E-state index contributed by atoms with van der Waals surface area (Å²) in [5.74, 6) is 0.773. The van der Waals surface area contributed by atoms with Gasteiger partial charge in [-0.25, -0.2) is 0 Å². The highest BCUT2D eigenvalue weighted by atomic mass is 16.5. The second-order valence-corrected chi connectivity index (χ2v) is 7.45. The molecule has 1 amide bonds. The first-order valence-electron chi connectivity index (χ1n) is 10.3. The largest absolute Gasteiger partial charge is 0.496 e. The van der Waals surface area contributed by atoms with Gasteiger partial charge in [0.2, 0.25) is 0 Å². The number of fused-ring (bicyclic) bond motifs is 1. The highest BCUT2D eigenvalue weighted by molar-refractivity contribution is 6.05. The molecule has 0 saturated carbocycles. The number of ether oxygens (including phenoxy) is 1. The van der Waals surface area contributed by atoms with Gasteiger partial charge in [-0.05, 0) is 44.1 Å². The molecule has 1 aliphatic heterocycles. The predicted octanol–water partition coefficient (Wildman–Crippen LogP) is 4.20. The molecule has 1 atom stereocenters. The molecule has 1 saturated heterocycles. The minimum atomic E-state index is -0.0915. The highest BCUT2D eigenvalue weighted by Crippen LogP contribution is 2.31. The molecular formula is C24H27N3O2. The highest BCUT2D eigenvalue weighted by Gasteiger charge is 2.25. The fourth-order valence-corrected chi connectivity index (χ4v) is 4.18. The lowest BCUT2D eigenvalue weighted by molar-refractivity contribution is 0.0924. The molecule has 1 fully saturated rings. The van der Waals surface area contributed by atoms with Crippen LogP contribution in [0.1, 0.15) is 41.2 Å². The summed E-state index contributed by atoms with van der Waals surface area (Å²) in [6.45, 7) is 2.60. The van der Waals surface area contributed by atoms with Gasteiger partial charge in [-0.1, -0.05) is 42.8 Å². The number of nitrogens with one attached hydrogen (secondary N) is 1. The van der Waals surface area contributed by atoms with Gasteiger partial charge in [0.1, 0.15) is 5.75 Å². The molecular weight excluding hydrogens is 362 g/mol. The van der Waals surface area contributed by atoms with Gasteiger partial charge in [-0.2, -0.15) is 0 Å². The molecule has 1 N–H and O–H groups in total. The summed E-state index contributed by atoms with van der Waals surface area (Å²) in [6.07, 6.45) is 5.37. The first-order valence-corrected chi connectivity index (χ1v) is 10.3. The Labute approximate surface area is 171 Å². The van der Waals surface area contributed by atoms with Crippen molar-refractivity contribution in [3.63, 3.8) is 0 Å². The molecule has 150 valence electrons. The van der Waals surface area contributed by atoms with Gasteiger partial charge in [0.05, 0.1) is 24.2 Å². The molecule has 1 aliphatic rings. The Kier molecular flexibility index (Phi) is 6.06. The maximum Gasteiger partial charge on any atom is 0.253 e. The number of rotatable bonds is 6. The number of piperidine rings is 1. The number of hydrogen-bond donors (Lipinski definition) is 1. The van der Waals surface area contributed by atoms with E-state index in [4.69, 9.17) is 4.74 Å². The van der Waals surface area contributed by atoms with Crippen LogP contribution in [0.15, 0.2) is 60.8 Å². The summed E-state index contributed by atoms with van der Waals surface area (Å²) in [7, 11) is 1.70. The molecule has 3 aromatic rings. The number of para-hydroxylation sites is 2. The van der Waals surface area contributed by atoms with Gasteiger partial charge in [-0.15, -0.1) is 0 Å². The Bertz CT molecular complexity index is 977. The van der Waals surface area contributed by atoms with Crippen LogP contribution in [-0.2, 0) is 0 Å². The fourth-order valence-electron chi connectivity index (χ4n) is 4.18. The van der Waals surface area contributed by atoms with Crippen molar-refractivity contribution in [3.05, 3.63) is 71.9 Å². The number of methoxy groups -OCH3 is 1. The van der Waals surface area contributed by atoms with Crippen LogP contribution in [0.4, 0.5) is 0 Å². The number of benzene rings is 2. The third-order valence-electron chi connectivity index (χ3n) is 5.66. The number of amides is 1. The minimum absolute atomic E-state index is 0.0818. The number of carbonyl (C=O) groups is 1. The Balaban J connectivity index is 1.58. The zero-order chi connectivity index (χ0) is 20.1. The van der Waals surface area contributed by atoms with Crippen molar-refractivity contribution < 1.29 is 9.53 Å². The minimum Gasteiger partial charge on any atom is -0.496 e. The van der Waals surface area contributed by atoms with Crippen LogP contribution in [0.2, 0.25) is 0 Å². The van der Waals surface area contributed by atoms with Crippen molar-refractivity contribution in [1.29, 1.82) is 0 Å². The van der Waals surface area contributed by atoms with Gasteiger partial charge in [0, 0.05) is 23.7 Å². The number of carbonyl (C=O) groups excluding carboxylic acids is 1. The molecule has 0 radical (unpaired) electrons. The van der Waals surface area contributed by atoms with Crippen LogP contribution in [0.25, 0.3) is 10.9 Å². The summed E-state index contributed by atoms with van der Waals surface area (Å²) in [4.78, 5) is 19.9. The van der Waals surface area contributed by atoms with Crippen molar-refractivity contribution >= 4 is 16.8 Å². The normalized spacial score (nSPS) is 15.8. The van der Waals surface area contributed by atoms with Crippen LogP contribution < -0.4 is 10.1 Å². The van der Waals surface area contributed by atoms with Crippen molar-refractivity contribution in [2.24, 2.45) is 0 Å². The summed E-state index contributed by atoms with van der Waals surface area (Å²) >= 11 is 0. The van der Waals surface area contributed by atoms with E-state index in [1.165, 1.54) is 19.3 Å². The Morgan fingerprint density at radius 2 is 1.86 bits per heavy atom. The average molecular weight is 389 g/mol. The molecule has 0 spiro atoms. The van der Waals surface area contributed by atoms with E-state index in [0.717, 1.165) is 35.3 Å². The number of pyridine rings is 1. The van der Waals surface area contributed by atoms with E-state index >= 15 is 0 Å². The number of aromatic nitrogens is 1. The van der Waals surface area contributed by atoms with E-state index in [-0.39, 0.29) is 11.9 Å². The molecule has 5 nitrogen and oxygen atoms in total. The fraction of sp³-hybridized carbons (Fsp3) is 0.333. The average Bonchev–Trinajstić information content (AvgIpc) is 2.79. The molecule has 0 aliphatic carbocycles. The van der Waals surface area contributed by atoms with Crippen LogP contribution in [0.3, 0.4) is 0 Å². The van der Waals surface area contributed by atoms with E-state index in [1.54, 1.807) is 13.3 Å². The van der Waals surface area contributed by atoms with E-state index in [9.17, 15) is 4.79 Å². The summed E-state index contributed by atoms with van der Waals surface area (Å²) in [5.41, 5.74) is 2.47. The van der Waals surface area contributed by atoms with Crippen molar-refractivity contribution in [2.75, 3.05) is 26.7 Å². The SMILES string of the molecule is COc1ccccc1C(CNC(=O)c1cccc2cccnc12)N1CCCCC1. The van der Waals surface area contributed by atoms with E-state index < -0.39 is 0 Å². The molecule has 29 heavy (non-hydrogen) atoms. The standard InChI is InChI=1S/C24H27N3O2/c1-29-22-13-4-3-11-19(22)21(27-15-5-2-6-16-27)17-26-24(28)20-12-7-9-18-10-8-14-25-23(18)20/h3-4,7-14,21H,2,5-6,15-17H2,1H3,(H,26,28). The number of hydrogen-bond acceptors (Lipinski definition) is 4. The lowest BCUT2D eigenvalue weighted by Crippen LogP contribution is -2.40. The lowest BCUT2D eigenvalue weighted by atomic mass is 10.00. The van der Waals surface area contributed by atoms with Crippen LogP contribution in [0.5, 0.6) is 5.75 Å². The molecule has 4 rings (SSSR count). The first kappa shape index (κ1) is 19.4. The van der Waals surface area contributed by atoms with Gasteiger partial charge < -0.3 is 10.1 Å². The summed E-state index contributed by atoms with van der Waals surface area (Å²) in [5, 5.41) is 4.13. The van der Waals surface area contributed by atoms with Crippen LogP contribution in [0, 0.1) is 0 Å². The maximum absolute atomic E-state index is 13.0. The van der Waals surface area contributed by atoms with Crippen molar-refractivity contribution in [1.82, 2.24) is 15.2 Å². The van der Waals surface area contributed by atoms with E-state index in [1.807, 2.05) is 48.5 Å². The molecule has 0 bridgehead atoms. The van der Waals surface area contributed by atoms with Crippen molar-refractivity contribution in [3.8, 4) is 5.75 Å². The zero-order valence-corrected chi connectivity index (χ0v) is 16.8. The first-order chi connectivity index (χ1) is 14.3. The quantitative estimate of drug-likeness (QED) is 0.686. The Hall–Kier alpha value is -2.92. The third kappa shape index (κ3) is 4.25. The predicted molar refractivity (Wildman–Crippen MR) is 115 cm³/mol. The monoisotopic (exact) mass is 389 g/mol. The van der Waals surface area contributed by atoms with Gasteiger partial charge >= 0.3 is 0 Å². The number of likely N-dealkylation sites (tertiary alicyclic amines) is 1. The van der Waals surface area contributed by atoms with Gasteiger partial charge in [-0.3, -0.25) is 14.7 Å². The summed E-state index contributed by atoms with van der Waals surface area (Å²) < 4.78 is 5.62. The molecule has 2 aromatic carbocycles. The Morgan fingerprint density at radius 3 is 2.69 bits per heavy atom. The van der Waals surface area contributed by atoms with Crippen LogP contribution >= 0.6 is 0 Å². The van der Waals surface area contributed by atoms with E-state index in [2.05, 4.69) is 21.3 Å². The number of nitrogens with zero attached hydrogens (tertiary/aromatic N) is 2. The van der Waals surface area contributed by atoms with Gasteiger partial charge in [0.15, 0.2) is 0 Å². The molecule has 2 heterocycles. The van der Waals surface area contributed by atoms with Crippen molar-refractivity contribution in [2.45, 2.75) is 25.3 Å². The zero-order valence-electron chi connectivity index (χ0n) is 16.8.